The van der Waals surface area contributed by atoms with E-state index in [0.717, 1.165) is 21.8 Å². The minimum absolute atomic E-state index is 0.220. The second kappa shape index (κ2) is 9.69. The third-order valence-electron chi connectivity index (χ3n) is 4.08. The number of thioether (sulfide) groups is 1. The Kier molecular flexibility index (Phi) is 7.27. The minimum atomic E-state index is -0.338. The fourth-order valence-electron chi connectivity index (χ4n) is 2.76. The molecule has 0 aromatic heterocycles. The molecule has 2 amide bonds. The van der Waals surface area contributed by atoms with Crippen LogP contribution < -0.4 is 9.47 Å². The zero-order valence-electron chi connectivity index (χ0n) is 15.9. The van der Waals surface area contributed by atoms with Crippen molar-refractivity contribution in [2.45, 2.75) is 20.4 Å². The van der Waals surface area contributed by atoms with E-state index in [0.29, 0.717) is 40.2 Å². The van der Waals surface area contributed by atoms with E-state index >= 15 is 0 Å². The van der Waals surface area contributed by atoms with Crippen LogP contribution >= 0.6 is 39.3 Å². The topological polar surface area (TPSA) is 55.8 Å². The van der Waals surface area contributed by atoms with Gasteiger partial charge in [0.25, 0.3) is 11.1 Å². The third kappa shape index (κ3) is 5.15. The number of hydrogen-bond donors (Lipinski definition) is 0. The number of amides is 2. The highest BCUT2D eigenvalue weighted by Gasteiger charge is 2.35. The molecule has 0 atom stereocenters. The molecule has 3 rings (SSSR count). The second-order valence-corrected chi connectivity index (χ2v) is 8.40. The predicted molar refractivity (Wildman–Crippen MR) is 119 cm³/mol. The molecular formula is C21H19BrClNO4S. The van der Waals surface area contributed by atoms with Crippen LogP contribution in [0.4, 0.5) is 4.79 Å². The van der Waals surface area contributed by atoms with E-state index in [-0.39, 0.29) is 17.7 Å². The highest BCUT2D eigenvalue weighted by atomic mass is 79.9. The van der Waals surface area contributed by atoms with E-state index in [9.17, 15) is 9.59 Å². The van der Waals surface area contributed by atoms with Gasteiger partial charge in [-0.15, -0.1) is 0 Å². The Labute approximate surface area is 187 Å². The summed E-state index contributed by atoms with van der Waals surface area (Å²) in [4.78, 5) is 26.8. The van der Waals surface area contributed by atoms with Gasteiger partial charge in [-0.1, -0.05) is 39.7 Å². The van der Waals surface area contributed by atoms with Crippen LogP contribution in [-0.2, 0) is 11.3 Å². The Bertz CT molecular complexity index is 962. The van der Waals surface area contributed by atoms with E-state index in [1.54, 1.807) is 18.2 Å². The van der Waals surface area contributed by atoms with Gasteiger partial charge in [0, 0.05) is 16.1 Å². The number of nitrogens with zero attached hydrogens (tertiary/aromatic N) is 1. The first kappa shape index (κ1) is 21.7. The van der Waals surface area contributed by atoms with Gasteiger partial charge in [-0.3, -0.25) is 14.5 Å². The number of hydrogen-bond acceptors (Lipinski definition) is 5. The number of halogens is 2. The minimum Gasteiger partial charge on any atom is -0.493 e. The number of carbonyl (C=O) groups is 2. The quantitative estimate of drug-likeness (QED) is 0.431. The summed E-state index contributed by atoms with van der Waals surface area (Å²) >= 11 is 10.6. The number of benzene rings is 2. The molecule has 0 radical (unpaired) electrons. The maximum absolute atomic E-state index is 12.8. The van der Waals surface area contributed by atoms with Gasteiger partial charge < -0.3 is 9.47 Å². The fraction of sp³-hybridized carbons (Fsp3) is 0.238. The van der Waals surface area contributed by atoms with Gasteiger partial charge in [-0.25, -0.2) is 0 Å². The maximum Gasteiger partial charge on any atom is 0.293 e. The Hall–Kier alpha value is -1.96. The van der Waals surface area contributed by atoms with E-state index in [4.69, 9.17) is 21.1 Å². The van der Waals surface area contributed by atoms with Crippen LogP contribution in [0.1, 0.15) is 25.0 Å². The third-order valence-corrected chi connectivity index (χ3v) is 5.81. The Balaban J connectivity index is 1.88. The van der Waals surface area contributed by atoms with Crippen molar-refractivity contribution >= 4 is 56.5 Å². The van der Waals surface area contributed by atoms with Crippen LogP contribution in [0.5, 0.6) is 11.5 Å². The van der Waals surface area contributed by atoms with Crippen LogP contribution in [-0.4, -0.2) is 29.3 Å². The second-order valence-electron chi connectivity index (χ2n) is 6.08. The molecule has 0 aliphatic carbocycles. The number of ether oxygens (including phenoxy) is 2. The first-order chi connectivity index (χ1) is 13.9. The van der Waals surface area contributed by atoms with Crippen molar-refractivity contribution in [2.75, 3.05) is 13.2 Å². The summed E-state index contributed by atoms with van der Waals surface area (Å²) in [6.45, 7) is 4.87. The lowest BCUT2D eigenvalue weighted by molar-refractivity contribution is -0.123. The van der Waals surface area contributed by atoms with E-state index in [1.807, 2.05) is 38.1 Å². The Morgan fingerprint density at radius 1 is 1.07 bits per heavy atom. The summed E-state index contributed by atoms with van der Waals surface area (Å²) < 4.78 is 12.1. The molecule has 1 fully saturated rings. The van der Waals surface area contributed by atoms with E-state index in [2.05, 4.69) is 15.9 Å². The van der Waals surface area contributed by atoms with Gasteiger partial charge in [-0.2, -0.15) is 0 Å². The SMILES string of the molecule is CCOc1cc(OCC)c(/C=C2\SC(=O)N(Cc3ccc(Br)cc3)C2=O)cc1Cl. The summed E-state index contributed by atoms with van der Waals surface area (Å²) in [7, 11) is 0. The normalized spacial score (nSPS) is 15.3. The molecule has 2 aromatic carbocycles. The molecule has 5 nitrogen and oxygen atoms in total. The first-order valence-corrected chi connectivity index (χ1v) is 11.0. The van der Waals surface area contributed by atoms with Crippen molar-refractivity contribution in [3.8, 4) is 11.5 Å². The van der Waals surface area contributed by atoms with Gasteiger partial charge in [0.05, 0.1) is 29.7 Å². The van der Waals surface area contributed by atoms with Crippen molar-refractivity contribution in [2.24, 2.45) is 0 Å². The average molecular weight is 497 g/mol. The summed E-state index contributed by atoms with van der Waals surface area (Å²) in [6.07, 6.45) is 1.64. The Morgan fingerprint density at radius 2 is 1.72 bits per heavy atom. The Morgan fingerprint density at radius 3 is 2.38 bits per heavy atom. The maximum atomic E-state index is 12.8. The number of imide groups is 1. The average Bonchev–Trinajstić information content (AvgIpc) is 2.94. The van der Waals surface area contributed by atoms with Crippen molar-refractivity contribution in [3.05, 3.63) is 61.9 Å². The molecule has 1 saturated heterocycles. The summed E-state index contributed by atoms with van der Waals surface area (Å²) in [6, 6.07) is 10.9. The summed E-state index contributed by atoms with van der Waals surface area (Å²) in [5, 5.41) is 0.106. The smallest absolute Gasteiger partial charge is 0.293 e. The lowest BCUT2D eigenvalue weighted by Gasteiger charge is -2.13. The summed E-state index contributed by atoms with van der Waals surface area (Å²) in [5.41, 5.74) is 1.49. The molecule has 1 aliphatic heterocycles. The molecule has 152 valence electrons. The molecule has 0 bridgehead atoms. The standard InChI is InChI=1S/C21H19BrClNO4S/c1-3-27-17-11-18(28-4-2)16(23)9-14(17)10-19-20(25)24(21(26)29-19)12-13-5-7-15(22)8-6-13/h5-11H,3-4,12H2,1-2H3/b19-10-. The zero-order valence-corrected chi connectivity index (χ0v) is 19.1. The van der Waals surface area contributed by atoms with Gasteiger partial charge >= 0.3 is 0 Å². The van der Waals surface area contributed by atoms with Gasteiger partial charge in [0.2, 0.25) is 0 Å². The van der Waals surface area contributed by atoms with Crippen LogP contribution in [0.3, 0.4) is 0 Å². The largest absolute Gasteiger partial charge is 0.493 e. The van der Waals surface area contributed by atoms with Crippen molar-refractivity contribution in [1.29, 1.82) is 0 Å². The van der Waals surface area contributed by atoms with E-state index < -0.39 is 0 Å². The molecule has 1 heterocycles. The zero-order chi connectivity index (χ0) is 21.0. The lowest BCUT2D eigenvalue weighted by atomic mass is 10.1. The van der Waals surface area contributed by atoms with Gasteiger partial charge in [0.1, 0.15) is 11.5 Å². The van der Waals surface area contributed by atoms with Crippen LogP contribution in [0, 0.1) is 0 Å². The van der Waals surface area contributed by atoms with Crippen LogP contribution in [0.25, 0.3) is 6.08 Å². The fourth-order valence-corrected chi connectivity index (χ4v) is 4.08. The molecule has 0 unspecified atom stereocenters. The van der Waals surface area contributed by atoms with Gasteiger partial charge in [0.15, 0.2) is 0 Å². The van der Waals surface area contributed by atoms with Crippen molar-refractivity contribution in [1.82, 2.24) is 4.90 Å². The predicted octanol–water partition coefficient (Wildman–Crippen LogP) is 6.14. The molecule has 29 heavy (non-hydrogen) atoms. The van der Waals surface area contributed by atoms with Crippen LogP contribution in [0.2, 0.25) is 5.02 Å². The molecule has 8 heteroatoms. The molecule has 0 saturated carbocycles. The van der Waals surface area contributed by atoms with Crippen LogP contribution in [0.15, 0.2) is 45.8 Å². The molecular weight excluding hydrogens is 478 g/mol. The number of carbonyl (C=O) groups excluding carboxylic acids is 2. The lowest BCUT2D eigenvalue weighted by Crippen LogP contribution is -2.27. The highest BCUT2D eigenvalue weighted by molar-refractivity contribution is 9.10. The van der Waals surface area contributed by atoms with Crippen molar-refractivity contribution in [3.63, 3.8) is 0 Å². The highest BCUT2D eigenvalue weighted by Crippen LogP contribution is 2.38. The molecule has 0 spiro atoms. The molecule has 0 N–H and O–H groups in total. The molecule has 2 aromatic rings. The van der Waals surface area contributed by atoms with Gasteiger partial charge in [-0.05, 0) is 55.4 Å². The molecule has 1 aliphatic rings. The first-order valence-electron chi connectivity index (χ1n) is 9.01. The van der Waals surface area contributed by atoms with E-state index in [1.165, 1.54) is 4.90 Å². The monoisotopic (exact) mass is 495 g/mol. The number of rotatable bonds is 7. The van der Waals surface area contributed by atoms with Crippen molar-refractivity contribution < 1.29 is 19.1 Å². The summed E-state index contributed by atoms with van der Waals surface area (Å²) in [5.74, 6) is 0.716.